The Labute approximate surface area is 92.7 Å². The second kappa shape index (κ2) is 9.68. The molecule has 0 rings (SSSR count). The summed E-state index contributed by atoms with van der Waals surface area (Å²) in [6.45, 7) is 9.22. The van der Waals surface area contributed by atoms with E-state index in [1.807, 2.05) is 0 Å². The largest absolute Gasteiger partial charge is 0.0862 e. The summed E-state index contributed by atoms with van der Waals surface area (Å²) in [7, 11) is 4.75. The lowest BCUT2D eigenvalue weighted by atomic mass is 9.34. The van der Waals surface area contributed by atoms with Crippen molar-refractivity contribution in [2.24, 2.45) is 11.8 Å². The van der Waals surface area contributed by atoms with Crippen LogP contribution in [0.25, 0.3) is 0 Å². The molecule has 0 saturated carbocycles. The van der Waals surface area contributed by atoms with Gasteiger partial charge in [-0.15, -0.1) is 0 Å². The molecule has 0 aliphatic carbocycles. The molecule has 0 fully saturated rings. The lowest BCUT2D eigenvalue weighted by Crippen LogP contribution is -2.10. The van der Waals surface area contributed by atoms with Gasteiger partial charge in [-0.05, 0) is 0 Å². The van der Waals surface area contributed by atoms with E-state index in [1.54, 1.807) is 0 Å². The van der Waals surface area contributed by atoms with Crippen LogP contribution in [-0.2, 0) is 0 Å². The van der Waals surface area contributed by atoms with Crippen LogP contribution in [0.2, 0.25) is 12.6 Å². The van der Waals surface area contributed by atoms with E-state index in [0.29, 0.717) is 0 Å². The molecule has 0 aliphatic heterocycles. The Morgan fingerprint density at radius 1 is 0.929 bits per heavy atom. The van der Waals surface area contributed by atoms with Gasteiger partial charge in [0.1, 0.15) is 0 Å². The fourth-order valence-electron chi connectivity index (χ4n) is 1.49. The third-order valence-electron chi connectivity index (χ3n) is 2.99. The summed E-state index contributed by atoms with van der Waals surface area (Å²) in [5.41, 5.74) is 0. The topological polar surface area (TPSA) is 0 Å². The lowest BCUT2D eigenvalue weighted by molar-refractivity contribution is 0.549. The highest BCUT2D eigenvalue weighted by Crippen LogP contribution is 2.12. The van der Waals surface area contributed by atoms with Crippen LogP contribution in [0.3, 0.4) is 0 Å². The maximum Gasteiger partial charge on any atom is 0.0656 e. The summed E-state index contributed by atoms with van der Waals surface area (Å²) in [4.78, 5) is 0. The van der Waals surface area contributed by atoms with E-state index in [1.165, 1.54) is 38.3 Å². The smallest absolute Gasteiger partial charge is 0.0656 e. The van der Waals surface area contributed by atoms with Crippen molar-refractivity contribution in [3.05, 3.63) is 0 Å². The molecule has 0 aromatic rings. The van der Waals surface area contributed by atoms with E-state index in [4.69, 9.17) is 0 Å². The normalized spacial score (nSPS) is 14.9. The van der Waals surface area contributed by atoms with Crippen LogP contribution in [0.4, 0.5) is 0 Å². The molecule has 2 heteroatoms. The molecule has 0 heterocycles. The van der Waals surface area contributed by atoms with E-state index < -0.39 is 0 Å². The van der Waals surface area contributed by atoms with Crippen LogP contribution in [-0.4, -0.2) is 14.3 Å². The van der Waals surface area contributed by atoms with E-state index in [9.17, 15) is 0 Å². The SMILES string of the molecule is CCCCC(C)C[B][B]CC(C)CC. The van der Waals surface area contributed by atoms with Crippen LogP contribution in [0.5, 0.6) is 0 Å². The number of hydrogen-bond donors (Lipinski definition) is 0. The Bertz CT molecular complexity index is 115. The maximum atomic E-state index is 2.38. The van der Waals surface area contributed by atoms with Gasteiger partial charge in [-0.3, -0.25) is 0 Å². The molecule has 0 aromatic carbocycles. The van der Waals surface area contributed by atoms with Crippen LogP contribution in [0.1, 0.15) is 53.4 Å². The first-order valence-corrected chi connectivity index (χ1v) is 6.35. The second-order valence-electron chi connectivity index (χ2n) is 4.70. The Balaban J connectivity index is 3.18. The van der Waals surface area contributed by atoms with Gasteiger partial charge < -0.3 is 0 Å². The zero-order chi connectivity index (χ0) is 10.8. The second-order valence-corrected chi connectivity index (χ2v) is 4.70. The number of hydrogen-bond acceptors (Lipinski definition) is 0. The molecule has 14 heavy (non-hydrogen) atoms. The number of unbranched alkanes of at least 4 members (excludes halogenated alkanes) is 1. The van der Waals surface area contributed by atoms with Crippen molar-refractivity contribution in [1.82, 2.24) is 0 Å². The highest BCUT2D eigenvalue weighted by atomic mass is 14.0. The van der Waals surface area contributed by atoms with Crippen molar-refractivity contribution in [2.45, 2.75) is 66.0 Å². The predicted octanol–water partition coefficient (Wildman–Crippen LogP) is 4.02. The van der Waals surface area contributed by atoms with Crippen LogP contribution in [0.15, 0.2) is 0 Å². The summed E-state index contributed by atoms with van der Waals surface area (Å²) in [6, 6.07) is 0. The van der Waals surface area contributed by atoms with Gasteiger partial charge in [0, 0.05) is 0 Å². The third-order valence-corrected chi connectivity index (χ3v) is 2.99. The molecule has 2 unspecified atom stereocenters. The zero-order valence-electron chi connectivity index (χ0n) is 10.6. The van der Waals surface area contributed by atoms with Gasteiger partial charge in [-0.2, -0.15) is 0 Å². The van der Waals surface area contributed by atoms with Crippen molar-refractivity contribution in [3.8, 4) is 0 Å². The van der Waals surface area contributed by atoms with E-state index in [-0.39, 0.29) is 0 Å². The summed E-state index contributed by atoms with van der Waals surface area (Å²) in [5.74, 6) is 1.74. The molecule has 0 bridgehead atoms. The van der Waals surface area contributed by atoms with Crippen molar-refractivity contribution in [3.63, 3.8) is 0 Å². The zero-order valence-corrected chi connectivity index (χ0v) is 10.6. The lowest BCUT2D eigenvalue weighted by Gasteiger charge is -2.10. The van der Waals surface area contributed by atoms with Gasteiger partial charge >= 0.3 is 0 Å². The Morgan fingerprint density at radius 2 is 1.50 bits per heavy atom. The first-order chi connectivity index (χ1) is 6.70. The predicted molar refractivity (Wildman–Crippen MR) is 69.3 cm³/mol. The molecule has 2 atom stereocenters. The molecule has 80 valence electrons. The molecular weight excluding hydrogens is 166 g/mol. The highest BCUT2D eigenvalue weighted by molar-refractivity contribution is 7.00. The quantitative estimate of drug-likeness (QED) is 0.382. The van der Waals surface area contributed by atoms with Crippen LogP contribution < -0.4 is 0 Å². The van der Waals surface area contributed by atoms with Gasteiger partial charge in [0.2, 0.25) is 0 Å². The van der Waals surface area contributed by atoms with Gasteiger partial charge in [0.05, 0.1) is 14.3 Å². The van der Waals surface area contributed by atoms with Gasteiger partial charge in [-0.1, -0.05) is 77.9 Å². The Kier molecular flexibility index (Phi) is 9.77. The van der Waals surface area contributed by atoms with E-state index in [0.717, 1.165) is 11.8 Å². The van der Waals surface area contributed by atoms with Gasteiger partial charge in [0.15, 0.2) is 0 Å². The summed E-state index contributed by atoms with van der Waals surface area (Å²) in [5, 5.41) is 0. The van der Waals surface area contributed by atoms with Crippen LogP contribution in [0, 0.1) is 11.8 Å². The van der Waals surface area contributed by atoms with Crippen LogP contribution >= 0.6 is 0 Å². The molecule has 0 spiro atoms. The highest BCUT2D eigenvalue weighted by Gasteiger charge is 2.04. The van der Waals surface area contributed by atoms with Gasteiger partial charge in [0.25, 0.3) is 0 Å². The summed E-state index contributed by atoms with van der Waals surface area (Å²) in [6.07, 6.45) is 7.95. The van der Waals surface area contributed by atoms with Gasteiger partial charge in [-0.25, -0.2) is 0 Å². The molecular formula is C12H26B2. The molecule has 2 radical (unpaired) electrons. The molecule has 0 saturated heterocycles. The Morgan fingerprint density at radius 3 is 2.00 bits per heavy atom. The van der Waals surface area contributed by atoms with Crippen molar-refractivity contribution >= 4 is 14.3 Å². The average molecular weight is 192 g/mol. The first kappa shape index (κ1) is 14.1. The minimum atomic E-state index is 0.859. The van der Waals surface area contributed by atoms with Crippen molar-refractivity contribution < 1.29 is 0 Å². The molecule has 0 N–H and O–H groups in total. The molecule has 0 amide bonds. The Hall–Kier alpha value is 0.130. The van der Waals surface area contributed by atoms with Crippen molar-refractivity contribution in [2.75, 3.05) is 0 Å². The molecule has 0 nitrogen and oxygen atoms in total. The minimum absolute atomic E-state index is 0.859. The molecule has 0 aliphatic rings. The maximum absolute atomic E-state index is 2.38. The monoisotopic (exact) mass is 192 g/mol. The molecule has 0 aromatic heterocycles. The standard InChI is InChI=1S/C12H26B2/c1-5-7-8-12(4)10-14-13-9-11(3)6-2/h11-12H,5-10H2,1-4H3. The minimum Gasteiger partial charge on any atom is -0.0862 e. The number of rotatable bonds is 9. The van der Waals surface area contributed by atoms with E-state index >= 15 is 0 Å². The average Bonchev–Trinajstić information content (AvgIpc) is 2.21. The van der Waals surface area contributed by atoms with Crippen molar-refractivity contribution in [1.29, 1.82) is 0 Å². The first-order valence-electron chi connectivity index (χ1n) is 6.35. The third kappa shape index (κ3) is 8.72. The fourth-order valence-corrected chi connectivity index (χ4v) is 1.49. The van der Waals surface area contributed by atoms with E-state index in [2.05, 4.69) is 42.0 Å². The fraction of sp³-hybridized carbons (Fsp3) is 1.00. The summed E-state index contributed by atoms with van der Waals surface area (Å²) < 4.78 is 0. The summed E-state index contributed by atoms with van der Waals surface area (Å²) >= 11 is 0.